The summed E-state index contributed by atoms with van der Waals surface area (Å²) in [6.07, 6.45) is 0.146. The van der Waals surface area contributed by atoms with Crippen molar-refractivity contribution in [2.24, 2.45) is 0 Å². The minimum Gasteiger partial charge on any atom is -0.496 e. The molecule has 8 heteroatoms. The van der Waals surface area contributed by atoms with Gasteiger partial charge in [-0.15, -0.1) is 5.10 Å². The predicted octanol–water partition coefficient (Wildman–Crippen LogP) is 1.47. The number of carbonyl (C=O) groups is 1. The van der Waals surface area contributed by atoms with Crippen LogP contribution in [0.5, 0.6) is 5.75 Å². The number of methoxy groups -OCH3 is 1. The van der Waals surface area contributed by atoms with Crippen molar-refractivity contribution in [1.82, 2.24) is 29.8 Å². The van der Waals surface area contributed by atoms with Gasteiger partial charge in [-0.1, -0.05) is 18.2 Å². The monoisotopic (exact) mass is 380 g/mol. The number of rotatable bonds is 4. The quantitative estimate of drug-likeness (QED) is 0.738. The number of hydrogen-bond donors (Lipinski definition) is 1. The Balaban J connectivity index is 1.60. The van der Waals surface area contributed by atoms with E-state index in [1.54, 1.807) is 11.6 Å². The van der Waals surface area contributed by atoms with Crippen LogP contribution in [0.3, 0.4) is 0 Å². The number of aryl methyl sites for hydroxylation is 2. The molecule has 2 aromatic heterocycles. The summed E-state index contributed by atoms with van der Waals surface area (Å²) in [7, 11) is 1.65. The molecule has 0 saturated carbocycles. The summed E-state index contributed by atoms with van der Waals surface area (Å²) in [4.78, 5) is 23.9. The third kappa shape index (κ3) is 3.43. The van der Waals surface area contributed by atoms with Crippen molar-refractivity contribution < 1.29 is 9.53 Å². The van der Waals surface area contributed by atoms with Gasteiger partial charge in [0.15, 0.2) is 5.82 Å². The largest absolute Gasteiger partial charge is 0.496 e. The molecule has 1 fully saturated rings. The maximum atomic E-state index is 13.1. The molecule has 1 amide bonds. The Morgan fingerprint density at radius 1 is 1.29 bits per heavy atom. The summed E-state index contributed by atoms with van der Waals surface area (Å²) >= 11 is 0. The van der Waals surface area contributed by atoms with Crippen LogP contribution in [0, 0.1) is 13.8 Å². The van der Waals surface area contributed by atoms with Gasteiger partial charge in [0.25, 0.3) is 5.78 Å². The van der Waals surface area contributed by atoms with Crippen LogP contribution in [0.15, 0.2) is 30.3 Å². The number of carbonyl (C=O) groups excluding carboxylic acids is 1. The maximum Gasteiger partial charge on any atom is 0.252 e. The van der Waals surface area contributed by atoms with Gasteiger partial charge in [-0.25, -0.2) is 9.50 Å². The van der Waals surface area contributed by atoms with Gasteiger partial charge in [-0.3, -0.25) is 4.79 Å². The summed E-state index contributed by atoms with van der Waals surface area (Å²) in [5.74, 6) is 1.81. The second kappa shape index (κ2) is 7.55. The van der Waals surface area contributed by atoms with Crippen molar-refractivity contribution in [3.8, 4) is 5.75 Å². The Labute approximate surface area is 163 Å². The van der Waals surface area contributed by atoms with Crippen molar-refractivity contribution in [3.63, 3.8) is 0 Å². The molecular formula is C20H24N6O2. The number of nitrogens with one attached hydrogen (secondary N) is 1. The van der Waals surface area contributed by atoms with Gasteiger partial charge in [0.2, 0.25) is 5.91 Å². The molecule has 1 N–H and O–H groups in total. The van der Waals surface area contributed by atoms with Gasteiger partial charge in [0.1, 0.15) is 5.75 Å². The lowest BCUT2D eigenvalue weighted by Gasteiger charge is -2.37. The standard InChI is InChI=1S/C20H24N6O2/c1-13-10-14(2)26-20(22-13)23-18(24-26)11-19(27)25-9-8-21-12-16(25)15-6-4-5-7-17(15)28-3/h4-7,10,16,21H,8-9,11-12H2,1-3H3. The average molecular weight is 380 g/mol. The van der Waals surface area contributed by atoms with Gasteiger partial charge in [-0.2, -0.15) is 4.98 Å². The lowest BCUT2D eigenvalue weighted by Crippen LogP contribution is -2.49. The fourth-order valence-electron chi connectivity index (χ4n) is 3.74. The van der Waals surface area contributed by atoms with Crippen LogP contribution < -0.4 is 10.1 Å². The van der Waals surface area contributed by atoms with E-state index in [-0.39, 0.29) is 18.4 Å². The molecule has 1 atom stereocenters. The first kappa shape index (κ1) is 18.4. The van der Waals surface area contributed by atoms with Gasteiger partial charge >= 0.3 is 0 Å². The van der Waals surface area contributed by atoms with Crippen LogP contribution in [0.25, 0.3) is 5.78 Å². The topological polar surface area (TPSA) is 84.6 Å². The number of piperazine rings is 1. The molecule has 8 nitrogen and oxygen atoms in total. The number of fused-ring (bicyclic) bond motifs is 1. The highest BCUT2D eigenvalue weighted by Gasteiger charge is 2.30. The van der Waals surface area contributed by atoms with E-state index in [1.165, 1.54) is 0 Å². The molecule has 3 heterocycles. The van der Waals surface area contributed by atoms with E-state index >= 15 is 0 Å². The summed E-state index contributed by atoms with van der Waals surface area (Å²) in [5.41, 5.74) is 2.83. The van der Waals surface area contributed by atoms with E-state index in [9.17, 15) is 4.79 Å². The van der Waals surface area contributed by atoms with Crippen molar-refractivity contribution in [2.45, 2.75) is 26.3 Å². The van der Waals surface area contributed by atoms with Crippen molar-refractivity contribution >= 4 is 11.7 Å². The highest BCUT2D eigenvalue weighted by atomic mass is 16.5. The Morgan fingerprint density at radius 3 is 2.93 bits per heavy atom. The number of ether oxygens (including phenoxy) is 1. The molecule has 1 saturated heterocycles. The molecule has 28 heavy (non-hydrogen) atoms. The molecule has 3 aromatic rings. The van der Waals surface area contributed by atoms with E-state index in [2.05, 4.69) is 20.4 Å². The lowest BCUT2D eigenvalue weighted by molar-refractivity contribution is -0.134. The van der Waals surface area contributed by atoms with E-state index < -0.39 is 0 Å². The maximum absolute atomic E-state index is 13.1. The van der Waals surface area contributed by atoms with E-state index in [1.807, 2.05) is 49.1 Å². The first-order valence-corrected chi connectivity index (χ1v) is 9.40. The van der Waals surface area contributed by atoms with Crippen molar-refractivity contribution in [3.05, 3.63) is 53.1 Å². The van der Waals surface area contributed by atoms with Crippen LogP contribution in [-0.4, -0.2) is 57.1 Å². The zero-order valence-corrected chi connectivity index (χ0v) is 16.3. The van der Waals surface area contributed by atoms with E-state index in [4.69, 9.17) is 4.74 Å². The Hall–Kier alpha value is -3.00. The Morgan fingerprint density at radius 2 is 2.11 bits per heavy atom. The molecule has 1 aromatic carbocycles. The number of hydrogen-bond acceptors (Lipinski definition) is 6. The number of amides is 1. The molecule has 0 radical (unpaired) electrons. The average Bonchev–Trinajstić information content (AvgIpc) is 3.10. The smallest absolute Gasteiger partial charge is 0.252 e. The molecular weight excluding hydrogens is 356 g/mol. The number of nitrogens with zero attached hydrogens (tertiary/aromatic N) is 5. The fraction of sp³-hybridized carbons (Fsp3) is 0.400. The zero-order valence-electron chi connectivity index (χ0n) is 16.3. The lowest BCUT2D eigenvalue weighted by atomic mass is 10.0. The second-order valence-corrected chi connectivity index (χ2v) is 7.00. The van der Waals surface area contributed by atoms with Crippen LogP contribution in [0.1, 0.15) is 28.8 Å². The second-order valence-electron chi connectivity index (χ2n) is 7.00. The summed E-state index contributed by atoms with van der Waals surface area (Å²) in [6.45, 7) is 5.95. The first-order valence-electron chi connectivity index (χ1n) is 9.40. The molecule has 1 unspecified atom stereocenters. The number of benzene rings is 1. The number of para-hydroxylation sites is 1. The van der Waals surface area contributed by atoms with Gasteiger partial charge in [-0.05, 0) is 26.0 Å². The summed E-state index contributed by atoms with van der Waals surface area (Å²) < 4.78 is 7.19. The predicted molar refractivity (Wildman–Crippen MR) is 104 cm³/mol. The molecule has 146 valence electrons. The molecule has 1 aliphatic heterocycles. The Bertz CT molecular complexity index is 1020. The van der Waals surface area contributed by atoms with Crippen LogP contribution in [-0.2, 0) is 11.2 Å². The minimum atomic E-state index is -0.0865. The summed E-state index contributed by atoms with van der Waals surface area (Å²) in [5, 5.41) is 7.85. The fourth-order valence-corrected chi connectivity index (χ4v) is 3.74. The van der Waals surface area contributed by atoms with Gasteiger partial charge in [0, 0.05) is 36.6 Å². The highest BCUT2D eigenvalue weighted by molar-refractivity contribution is 5.79. The van der Waals surface area contributed by atoms with Gasteiger partial charge in [0.05, 0.1) is 19.6 Å². The third-order valence-electron chi connectivity index (χ3n) is 5.03. The third-order valence-corrected chi connectivity index (χ3v) is 5.03. The molecule has 0 spiro atoms. The zero-order chi connectivity index (χ0) is 19.7. The van der Waals surface area contributed by atoms with Crippen molar-refractivity contribution in [2.75, 3.05) is 26.7 Å². The number of aromatic nitrogens is 4. The Kier molecular flexibility index (Phi) is 4.95. The van der Waals surface area contributed by atoms with E-state index in [0.717, 1.165) is 29.2 Å². The molecule has 0 bridgehead atoms. The normalized spacial score (nSPS) is 17.1. The SMILES string of the molecule is COc1ccccc1C1CNCCN1C(=O)Cc1nc2nc(C)cc(C)n2n1. The van der Waals surface area contributed by atoms with Crippen LogP contribution in [0.2, 0.25) is 0 Å². The van der Waals surface area contributed by atoms with E-state index in [0.29, 0.717) is 24.7 Å². The highest BCUT2D eigenvalue weighted by Crippen LogP contribution is 2.30. The first-order chi connectivity index (χ1) is 13.6. The molecule has 4 rings (SSSR count). The summed E-state index contributed by atoms with van der Waals surface area (Å²) in [6, 6.07) is 9.69. The van der Waals surface area contributed by atoms with Crippen molar-refractivity contribution in [1.29, 1.82) is 0 Å². The van der Waals surface area contributed by atoms with Gasteiger partial charge < -0.3 is 15.0 Å². The minimum absolute atomic E-state index is 0.00249. The molecule has 0 aliphatic carbocycles. The molecule has 1 aliphatic rings. The van der Waals surface area contributed by atoms with Crippen LogP contribution >= 0.6 is 0 Å². The van der Waals surface area contributed by atoms with Crippen LogP contribution in [0.4, 0.5) is 0 Å².